The topological polar surface area (TPSA) is 72.2 Å². The first kappa shape index (κ1) is 16.0. The fourth-order valence-electron chi connectivity index (χ4n) is 1.68. The Bertz CT molecular complexity index is 705. The van der Waals surface area contributed by atoms with Crippen LogP contribution in [0.15, 0.2) is 47.4 Å². The van der Waals surface area contributed by atoms with Crippen molar-refractivity contribution < 1.29 is 18.4 Å². The summed E-state index contributed by atoms with van der Waals surface area (Å²) in [6.07, 6.45) is 0. The first-order valence-corrected chi connectivity index (χ1v) is 7.22. The van der Waals surface area contributed by atoms with E-state index in [4.69, 9.17) is 5.73 Å². The lowest BCUT2D eigenvalue weighted by Crippen LogP contribution is -2.19. The van der Waals surface area contributed by atoms with Gasteiger partial charge in [-0.25, -0.2) is 13.6 Å². The average molecular weight is 322 g/mol. The lowest BCUT2D eigenvalue weighted by Gasteiger charge is -2.04. The monoisotopic (exact) mass is 322 g/mol. The van der Waals surface area contributed by atoms with Crippen LogP contribution >= 0.6 is 11.8 Å². The van der Waals surface area contributed by atoms with Crippen molar-refractivity contribution in [3.05, 3.63) is 59.7 Å². The van der Waals surface area contributed by atoms with E-state index in [9.17, 15) is 18.4 Å². The van der Waals surface area contributed by atoms with Gasteiger partial charge in [0.15, 0.2) is 17.4 Å². The van der Waals surface area contributed by atoms with Crippen LogP contribution in [0.3, 0.4) is 0 Å². The van der Waals surface area contributed by atoms with Gasteiger partial charge in [-0.1, -0.05) is 0 Å². The standard InChI is InChI=1S/C15H12F2N2O2S/c16-12-6-5-11(7-13(12)17)22-8-14(20)9-1-3-10(4-2-9)19-15(18)21/h1-7H,8H2,(H3,18,19,21). The molecule has 0 aliphatic rings. The minimum atomic E-state index is -0.945. The zero-order valence-corrected chi connectivity index (χ0v) is 12.1. The van der Waals surface area contributed by atoms with Gasteiger partial charge in [-0.2, -0.15) is 0 Å². The Labute approximate surface area is 129 Å². The highest BCUT2D eigenvalue weighted by Crippen LogP contribution is 2.22. The van der Waals surface area contributed by atoms with Gasteiger partial charge in [-0.3, -0.25) is 4.79 Å². The number of Topliss-reactive ketones (excluding diaryl/α,β-unsaturated/α-hetero) is 1. The molecule has 2 aromatic rings. The van der Waals surface area contributed by atoms with Gasteiger partial charge in [0.25, 0.3) is 0 Å². The number of carbonyl (C=O) groups excluding carboxylic acids is 2. The maximum absolute atomic E-state index is 13.1. The Morgan fingerprint density at radius 2 is 1.73 bits per heavy atom. The molecule has 0 spiro atoms. The Hall–Kier alpha value is -2.41. The second-order valence-electron chi connectivity index (χ2n) is 4.35. The summed E-state index contributed by atoms with van der Waals surface area (Å²) in [6.45, 7) is 0. The number of anilines is 1. The molecule has 7 heteroatoms. The quantitative estimate of drug-likeness (QED) is 0.654. The number of rotatable bonds is 5. The highest BCUT2D eigenvalue weighted by Gasteiger charge is 2.09. The molecule has 0 atom stereocenters. The number of urea groups is 1. The van der Waals surface area contributed by atoms with Crippen molar-refractivity contribution in [1.29, 1.82) is 0 Å². The minimum Gasteiger partial charge on any atom is -0.351 e. The molecule has 0 saturated heterocycles. The van der Waals surface area contributed by atoms with Gasteiger partial charge in [-0.15, -0.1) is 11.8 Å². The zero-order valence-electron chi connectivity index (χ0n) is 11.3. The number of ketones is 1. The number of hydrogen-bond acceptors (Lipinski definition) is 3. The predicted octanol–water partition coefficient (Wildman–Crippen LogP) is 3.43. The van der Waals surface area contributed by atoms with E-state index in [1.165, 1.54) is 6.07 Å². The first-order valence-electron chi connectivity index (χ1n) is 6.23. The summed E-state index contributed by atoms with van der Waals surface area (Å²) in [5.74, 6) is -1.94. The predicted molar refractivity (Wildman–Crippen MR) is 81.1 cm³/mol. The van der Waals surface area contributed by atoms with Crippen LogP contribution in [0.1, 0.15) is 10.4 Å². The van der Waals surface area contributed by atoms with E-state index in [1.54, 1.807) is 24.3 Å². The Morgan fingerprint density at radius 1 is 1.05 bits per heavy atom. The second-order valence-corrected chi connectivity index (χ2v) is 5.40. The van der Waals surface area contributed by atoms with Gasteiger partial charge in [0.05, 0.1) is 5.75 Å². The van der Waals surface area contributed by atoms with Crippen LogP contribution in [0, 0.1) is 11.6 Å². The van der Waals surface area contributed by atoms with Gasteiger partial charge in [-0.05, 0) is 42.5 Å². The maximum Gasteiger partial charge on any atom is 0.316 e. The lowest BCUT2D eigenvalue weighted by molar-refractivity contribution is 0.102. The van der Waals surface area contributed by atoms with Crippen molar-refractivity contribution in [2.24, 2.45) is 5.73 Å². The molecule has 0 radical (unpaired) electrons. The molecule has 2 aromatic carbocycles. The molecule has 0 heterocycles. The van der Waals surface area contributed by atoms with Gasteiger partial charge in [0, 0.05) is 16.1 Å². The number of thioether (sulfide) groups is 1. The SMILES string of the molecule is NC(=O)Nc1ccc(C(=O)CSc2ccc(F)c(F)c2)cc1. The third kappa shape index (κ3) is 4.29. The molecule has 22 heavy (non-hydrogen) atoms. The number of amides is 2. The third-order valence-corrected chi connectivity index (χ3v) is 3.73. The molecule has 0 aliphatic carbocycles. The van der Waals surface area contributed by atoms with E-state index in [0.717, 1.165) is 23.9 Å². The van der Waals surface area contributed by atoms with Gasteiger partial charge < -0.3 is 11.1 Å². The van der Waals surface area contributed by atoms with Crippen molar-refractivity contribution >= 4 is 29.3 Å². The summed E-state index contributed by atoms with van der Waals surface area (Å²) in [5, 5.41) is 2.39. The van der Waals surface area contributed by atoms with Crippen LogP contribution in [-0.4, -0.2) is 17.6 Å². The highest BCUT2D eigenvalue weighted by molar-refractivity contribution is 8.00. The highest BCUT2D eigenvalue weighted by atomic mass is 32.2. The summed E-state index contributed by atoms with van der Waals surface area (Å²) in [7, 11) is 0. The average Bonchev–Trinajstić information content (AvgIpc) is 2.48. The molecule has 0 aromatic heterocycles. The van der Waals surface area contributed by atoms with Crippen LogP contribution in [0.25, 0.3) is 0 Å². The van der Waals surface area contributed by atoms with Crippen LogP contribution in [0.5, 0.6) is 0 Å². The number of nitrogens with one attached hydrogen (secondary N) is 1. The fourth-order valence-corrected chi connectivity index (χ4v) is 2.50. The summed E-state index contributed by atoms with van der Waals surface area (Å²) in [6, 6.07) is 9.02. The van der Waals surface area contributed by atoms with Crippen molar-refractivity contribution in [2.75, 3.05) is 11.1 Å². The molecule has 4 nitrogen and oxygen atoms in total. The molecular formula is C15H12F2N2O2S. The molecule has 0 bridgehead atoms. The normalized spacial score (nSPS) is 10.3. The third-order valence-electron chi connectivity index (χ3n) is 2.74. The van der Waals surface area contributed by atoms with E-state index < -0.39 is 17.7 Å². The molecule has 3 N–H and O–H groups in total. The molecule has 2 rings (SSSR count). The number of primary amides is 1. The Kier molecular flexibility index (Phi) is 5.11. The summed E-state index contributed by atoms with van der Waals surface area (Å²) >= 11 is 1.12. The van der Waals surface area contributed by atoms with Crippen LogP contribution < -0.4 is 11.1 Å². The summed E-state index contributed by atoms with van der Waals surface area (Å²) < 4.78 is 25.9. The largest absolute Gasteiger partial charge is 0.351 e. The van der Waals surface area contributed by atoms with Gasteiger partial charge in [0.2, 0.25) is 0 Å². The van der Waals surface area contributed by atoms with Gasteiger partial charge in [0.1, 0.15) is 0 Å². The summed E-state index contributed by atoms with van der Waals surface area (Å²) in [4.78, 5) is 23.2. The summed E-state index contributed by atoms with van der Waals surface area (Å²) in [5.41, 5.74) is 5.91. The fraction of sp³-hybridized carbons (Fsp3) is 0.0667. The minimum absolute atomic E-state index is 0.0909. The number of hydrogen-bond donors (Lipinski definition) is 2. The number of nitrogens with two attached hydrogens (primary N) is 1. The van der Waals surface area contributed by atoms with Crippen molar-refractivity contribution in [3.63, 3.8) is 0 Å². The molecule has 2 amide bonds. The number of benzene rings is 2. The van der Waals surface area contributed by atoms with Gasteiger partial charge >= 0.3 is 6.03 Å². The smallest absolute Gasteiger partial charge is 0.316 e. The molecule has 0 aliphatic heterocycles. The van der Waals surface area contributed by atoms with E-state index >= 15 is 0 Å². The maximum atomic E-state index is 13.1. The number of carbonyl (C=O) groups is 2. The van der Waals surface area contributed by atoms with Crippen LogP contribution in [-0.2, 0) is 0 Å². The van der Waals surface area contributed by atoms with Crippen molar-refractivity contribution in [3.8, 4) is 0 Å². The molecule has 0 fully saturated rings. The van der Waals surface area contributed by atoms with Crippen molar-refractivity contribution in [1.82, 2.24) is 0 Å². The zero-order chi connectivity index (χ0) is 16.1. The van der Waals surface area contributed by atoms with E-state index in [0.29, 0.717) is 16.1 Å². The molecular weight excluding hydrogens is 310 g/mol. The second kappa shape index (κ2) is 7.04. The Balaban J connectivity index is 1.96. The first-order chi connectivity index (χ1) is 10.5. The van der Waals surface area contributed by atoms with E-state index in [2.05, 4.69) is 5.32 Å². The van der Waals surface area contributed by atoms with E-state index in [1.807, 2.05) is 0 Å². The molecule has 0 saturated carbocycles. The van der Waals surface area contributed by atoms with E-state index in [-0.39, 0.29) is 11.5 Å². The van der Waals surface area contributed by atoms with Crippen LogP contribution in [0.4, 0.5) is 19.3 Å². The van der Waals surface area contributed by atoms with Crippen molar-refractivity contribution in [2.45, 2.75) is 4.90 Å². The molecule has 0 unspecified atom stereocenters. The Morgan fingerprint density at radius 3 is 2.32 bits per heavy atom. The lowest BCUT2D eigenvalue weighted by atomic mass is 10.1. The molecule has 114 valence electrons. The number of halogens is 2. The van der Waals surface area contributed by atoms with Crippen LogP contribution in [0.2, 0.25) is 0 Å².